The van der Waals surface area contributed by atoms with E-state index in [-0.39, 0.29) is 12.1 Å². The molecule has 0 aliphatic rings. The quantitative estimate of drug-likeness (QED) is 0.914. The molecule has 1 atom stereocenters. The van der Waals surface area contributed by atoms with Gasteiger partial charge in [-0.05, 0) is 36.2 Å². The third kappa shape index (κ3) is 3.95. The third-order valence-corrected chi connectivity index (χ3v) is 3.43. The first kappa shape index (κ1) is 15.8. The van der Waals surface area contributed by atoms with Crippen molar-refractivity contribution in [3.63, 3.8) is 0 Å². The SMILES string of the molecule is Cc1ccc(CC(O)c2ccc(C(F)(F)F)cn2)c(Cl)c1. The van der Waals surface area contributed by atoms with Crippen LogP contribution in [-0.2, 0) is 12.6 Å². The number of aromatic nitrogens is 1. The minimum atomic E-state index is -4.43. The Morgan fingerprint density at radius 2 is 1.95 bits per heavy atom. The number of hydrogen-bond acceptors (Lipinski definition) is 2. The molecule has 1 aromatic heterocycles. The van der Waals surface area contributed by atoms with Gasteiger partial charge in [0.1, 0.15) is 0 Å². The van der Waals surface area contributed by atoms with Gasteiger partial charge in [-0.25, -0.2) is 0 Å². The summed E-state index contributed by atoms with van der Waals surface area (Å²) in [5, 5.41) is 10.6. The van der Waals surface area contributed by atoms with Gasteiger partial charge >= 0.3 is 6.18 Å². The highest BCUT2D eigenvalue weighted by molar-refractivity contribution is 6.31. The van der Waals surface area contributed by atoms with Crippen LogP contribution in [0.15, 0.2) is 36.5 Å². The number of aryl methyl sites for hydroxylation is 1. The van der Waals surface area contributed by atoms with E-state index in [0.29, 0.717) is 5.02 Å². The van der Waals surface area contributed by atoms with E-state index in [2.05, 4.69) is 4.98 Å². The highest BCUT2D eigenvalue weighted by Crippen LogP contribution is 2.29. The number of nitrogens with zero attached hydrogens (tertiary/aromatic N) is 1. The van der Waals surface area contributed by atoms with Crippen LogP contribution < -0.4 is 0 Å². The maximum Gasteiger partial charge on any atom is 0.417 e. The Bertz CT molecular complexity index is 626. The van der Waals surface area contributed by atoms with Gasteiger partial charge in [0.2, 0.25) is 0 Å². The predicted octanol–water partition coefficient (Wildman–Crippen LogP) is 4.34. The van der Waals surface area contributed by atoms with Gasteiger partial charge < -0.3 is 5.11 Å². The minimum Gasteiger partial charge on any atom is -0.386 e. The lowest BCUT2D eigenvalue weighted by molar-refractivity contribution is -0.137. The summed E-state index contributed by atoms with van der Waals surface area (Å²) in [6.07, 6.45) is -4.53. The van der Waals surface area contributed by atoms with Crippen LogP contribution in [0, 0.1) is 6.92 Å². The third-order valence-electron chi connectivity index (χ3n) is 3.08. The fourth-order valence-electron chi connectivity index (χ4n) is 1.90. The summed E-state index contributed by atoms with van der Waals surface area (Å²) >= 11 is 6.07. The van der Waals surface area contributed by atoms with Gasteiger partial charge in [0.25, 0.3) is 0 Å². The van der Waals surface area contributed by atoms with Crippen molar-refractivity contribution < 1.29 is 18.3 Å². The van der Waals surface area contributed by atoms with E-state index in [1.54, 1.807) is 12.1 Å². The molecule has 1 unspecified atom stereocenters. The molecule has 6 heteroatoms. The van der Waals surface area contributed by atoms with Crippen molar-refractivity contribution in [1.82, 2.24) is 4.98 Å². The lowest BCUT2D eigenvalue weighted by Crippen LogP contribution is -2.09. The molecule has 0 amide bonds. The molecule has 2 nitrogen and oxygen atoms in total. The Kier molecular flexibility index (Phi) is 4.54. The highest BCUT2D eigenvalue weighted by Gasteiger charge is 2.30. The van der Waals surface area contributed by atoms with Crippen LogP contribution in [0.25, 0.3) is 0 Å². The van der Waals surface area contributed by atoms with Gasteiger partial charge in [0, 0.05) is 17.6 Å². The first-order valence-electron chi connectivity index (χ1n) is 6.23. The second-order valence-corrected chi connectivity index (χ2v) is 5.19. The lowest BCUT2D eigenvalue weighted by Gasteiger charge is -2.13. The van der Waals surface area contributed by atoms with Crippen LogP contribution in [0.2, 0.25) is 5.02 Å². The number of aliphatic hydroxyl groups is 1. The smallest absolute Gasteiger partial charge is 0.386 e. The van der Waals surface area contributed by atoms with Gasteiger partial charge in [-0.1, -0.05) is 23.7 Å². The van der Waals surface area contributed by atoms with Crippen LogP contribution in [0.1, 0.15) is 28.5 Å². The minimum absolute atomic E-state index is 0.180. The Labute approximate surface area is 125 Å². The van der Waals surface area contributed by atoms with Crippen molar-refractivity contribution in [2.24, 2.45) is 0 Å². The van der Waals surface area contributed by atoms with Crippen LogP contribution in [-0.4, -0.2) is 10.1 Å². The van der Waals surface area contributed by atoms with Crippen molar-refractivity contribution in [3.8, 4) is 0 Å². The van der Waals surface area contributed by atoms with Gasteiger partial charge in [-0.15, -0.1) is 0 Å². The molecule has 1 aromatic carbocycles. The average molecular weight is 316 g/mol. The lowest BCUT2D eigenvalue weighted by atomic mass is 10.0. The molecule has 21 heavy (non-hydrogen) atoms. The Balaban J connectivity index is 2.15. The fraction of sp³-hybridized carbons (Fsp3) is 0.267. The van der Waals surface area contributed by atoms with Gasteiger partial charge in [-0.2, -0.15) is 13.2 Å². The molecular formula is C15H13ClF3NO. The molecule has 0 bridgehead atoms. The van der Waals surface area contributed by atoms with Crippen molar-refractivity contribution in [2.45, 2.75) is 25.6 Å². The maximum atomic E-state index is 12.4. The van der Waals surface area contributed by atoms with E-state index in [1.165, 1.54) is 6.07 Å². The van der Waals surface area contributed by atoms with E-state index in [0.717, 1.165) is 23.4 Å². The van der Waals surface area contributed by atoms with Crippen molar-refractivity contribution in [2.75, 3.05) is 0 Å². The van der Waals surface area contributed by atoms with E-state index < -0.39 is 17.8 Å². The molecule has 0 fully saturated rings. The molecule has 1 heterocycles. The molecular weight excluding hydrogens is 303 g/mol. The Morgan fingerprint density at radius 3 is 2.48 bits per heavy atom. The molecule has 0 aliphatic heterocycles. The highest BCUT2D eigenvalue weighted by atomic mass is 35.5. The van der Waals surface area contributed by atoms with E-state index in [1.807, 2.05) is 13.0 Å². The number of benzene rings is 1. The number of aliphatic hydroxyl groups excluding tert-OH is 1. The zero-order valence-electron chi connectivity index (χ0n) is 11.2. The van der Waals surface area contributed by atoms with Crippen LogP contribution in [0.3, 0.4) is 0 Å². The summed E-state index contributed by atoms with van der Waals surface area (Å²) in [5.41, 5.74) is 1.05. The molecule has 0 radical (unpaired) electrons. The molecule has 0 saturated heterocycles. The van der Waals surface area contributed by atoms with Gasteiger partial charge in [0.15, 0.2) is 0 Å². The molecule has 0 saturated carbocycles. The standard InChI is InChI=1S/C15H13ClF3NO/c1-9-2-3-10(12(16)6-9)7-14(21)13-5-4-11(8-20-13)15(17,18)19/h2-6,8,14,21H,7H2,1H3. The second kappa shape index (κ2) is 6.03. The van der Waals surface area contributed by atoms with Crippen LogP contribution >= 0.6 is 11.6 Å². The second-order valence-electron chi connectivity index (χ2n) is 4.78. The van der Waals surface area contributed by atoms with Gasteiger partial charge in [0.05, 0.1) is 17.4 Å². The first-order chi connectivity index (χ1) is 9.77. The summed E-state index contributed by atoms with van der Waals surface area (Å²) in [6, 6.07) is 7.49. The molecule has 112 valence electrons. The fourth-order valence-corrected chi connectivity index (χ4v) is 2.21. The zero-order chi connectivity index (χ0) is 15.6. The molecule has 2 aromatic rings. The number of halogens is 4. The van der Waals surface area contributed by atoms with Gasteiger partial charge in [-0.3, -0.25) is 4.98 Å². The number of hydrogen-bond donors (Lipinski definition) is 1. The monoisotopic (exact) mass is 315 g/mol. The predicted molar refractivity (Wildman–Crippen MR) is 74.1 cm³/mol. The van der Waals surface area contributed by atoms with Crippen LogP contribution in [0.5, 0.6) is 0 Å². The molecule has 1 N–H and O–H groups in total. The molecule has 0 aliphatic carbocycles. The summed E-state index contributed by atoms with van der Waals surface area (Å²) in [4.78, 5) is 3.68. The van der Waals surface area contributed by atoms with E-state index in [4.69, 9.17) is 11.6 Å². The van der Waals surface area contributed by atoms with Crippen molar-refractivity contribution in [3.05, 3.63) is 63.9 Å². The van der Waals surface area contributed by atoms with Crippen molar-refractivity contribution in [1.29, 1.82) is 0 Å². The summed E-state index contributed by atoms with van der Waals surface area (Å²) in [7, 11) is 0. The topological polar surface area (TPSA) is 33.1 Å². The number of pyridine rings is 1. The van der Waals surface area contributed by atoms with E-state index in [9.17, 15) is 18.3 Å². The largest absolute Gasteiger partial charge is 0.417 e. The summed E-state index contributed by atoms with van der Waals surface area (Å²) in [5.74, 6) is 0. The van der Waals surface area contributed by atoms with Crippen molar-refractivity contribution >= 4 is 11.6 Å². The zero-order valence-corrected chi connectivity index (χ0v) is 11.9. The number of rotatable bonds is 3. The normalized spacial score (nSPS) is 13.2. The number of alkyl halides is 3. The summed E-state index contributed by atoms with van der Waals surface area (Å²) < 4.78 is 37.3. The van der Waals surface area contributed by atoms with E-state index >= 15 is 0 Å². The summed E-state index contributed by atoms with van der Waals surface area (Å²) in [6.45, 7) is 1.89. The average Bonchev–Trinajstić information content (AvgIpc) is 2.41. The first-order valence-corrected chi connectivity index (χ1v) is 6.61. The molecule has 2 rings (SSSR count). The molecule has 0 spiro atoms. The Hall–Kier alpha value is -1.59. The Morgan fingerprint density at radius 1 is 1.24 bits per heavy atom. The maximum absolute atomic E-state index is 12.4. The van der Waals surface area contributed by atoms with Crippen LogP contribution in [0.4, 0.5) is 13.2 Å².